The smallest absolute Gasteiger partial charge is 0.299 e. The van der Waals surface area contributed by atoms with Crippen LogP contribution >= 0.6 is 0 Å². The Bertz CT molecular complexity index is 530. The van der Waals surface area contributed by atoms with E-state index in [0.717, 1.165) is 12.8 Å². The van der Waals surface area contributed by atoms with Crippen LogP contribution in [0.3, 0.4) is 0 Å². The average molecular weight is 309 g/mol. The molecule has 0 aliphatic rings. The Morgan fingerprint density at radius 2 is 1.45 bits per heavy atom. The van der Waals surface area contributed by atoms with E-state index in [4.69, 9.17) is 0 Å². The summed E-state index contributed by atoms with van der Waals surface area (Å²) in [5.41, 5.74) is -0.834. The number of hydrogen-bond acceptors (Lipinski definition) is 5. The third-order valence-corrected chi connectivity index (χ3v) is 3.66. The number of benzene rings is 1. The molecule has 7 nitrogen and oxygen atoms in total. The van der Waals surface area contributed by atoms with Crippen LogP contribution in [0.15, 0.2) is 18.2 Å². The van der Waals surface area contributed by atoms with Gasteiger partial charge in [0.2, 0.25) is 0 Å². The molecular weight excluding hydrogens is 286 g/mol. The first-order valence-corrected chi connectivity index (χ1v) is 7.36. The van der Waals surface area contributed by atoms with Crippen LogP contribution in [0.1, 0.15) is 47.5 Å². The zero-order chi connectivity index (χ0) is 17.1. The number of rotatable bonds is 6. The first-order chi connectivity index (χ1) is 10.1. The Hall–Kier alpha value is -2.18. The Morgan fingerprint density at radius 3 is 1.73 bits per heavy atom. The first kappa shape index (κ1) is 17.9. The third kappa shape index (κ3) is 3.52. The predicted molar refractivity (Wildman–Crippen MR) is 86.4 cm³/mol. The summed E-state index contributed by atoms with van der Waals surface area (Å²) in [5, 5.41) is 22.8. The molecule has 22 heavy (non-hydrogen) atoms. The van der Waals surface area contributed by atoms with Crippen molar-refractivity contribution in [1.82, 2.24) is 0 Å². The minimum absolute atomic E-state index is 0.0141. The number of nitro groups is 2. The fourth-order valence-corrected chi connectivity index (χ4v) is 2.78. The van der Waals surface area contributed by atoms with Gasteiger partial charge in [0.15, 0.2) is 5.69 Å². The van der Waals surface area contributed by atoms with Crippen LogP contribution in [-0.2, 0) is 0 Å². The van der Waals surface area contributed by atoms with E-state index in [0.29, 0.717) is 0 Å². The molecule has 1 rings (SSSR count). The highest BCUT2D eigenvalue weighted by Crippen LogP contribution is 2.42. The molecule has 0 aliphatic heterocycles. The first-order valence-electron chi connectivity index (χ1n) is 7.36. The monoisotopic (exact) mass is 309 g/mol. The Morgan fingerprint density at radius 1 is 1.05 bits per heavy atom. The second kappa shape index (κ2) is 6.72. The molecule has 0 amide bonds. The molecule has 0 spiro atoms. The lowest BCUT2D eigenvalue weighted by Crippen LogP contribution is -2.48. The molecule has 0 bridgehead atoms. The van der Waals surface area contributed by atoms with Crippen LogP contribution in [0.25, 0.3) is 0 Å². The molecule has 0 unspecified atom stereocenters. The molecule has 1 aromatic rings. The molecule has 0 aromatic heterocycles. The van der Waals surface area contributed by atoms with Gasteiger partial charge in [0.05, 0.1) is 9.85 Å². The van der Waals surface area contributed by atoms with Crippen LogP contribution in [0, 0.1) is 20.2 Å². The maximum atomic E-state index is 11.4. The lowest BCUT2D eigenvalue weighted by molar-refractivity contribution is -0.392. The Kier molecular flexibility index (Phi) is 5.46. The summed E-state index contributed by atoms with van der Waals surface area (Å²) in [6, 6.07) is 3.99. The quantitative estimate of drug-likeness (QED) is 0.577. The molecule has 0 radical (unpaired) electrons. The Balaban J connectivity index is 3.72. The zero-order valence-electron chi connectivity index (χ0n) is 13.7. The van der Waals surface area contributed by atoms with Gasteiger partial charge in [-0.3, -0.25) is 20.2 Å². The molecule has 122 valence electrons. The van der Waals surface area contributed by atoms with Crippen molar-refractivity contribution < 1.29 is 9.85 Å². The van der Waals surface area contributed by atoms with Crippen LogP contribution in [0.5, 0.6) is 0 Å². The highest BCUT2D eigenvalue weighted by molar-refractivity contribution is 5.76. The van der Waals surface area contributed by atoms with Gasteiger partial charge in [0, 0.05) is 23.7 Å². The SMILES string of the molecule is CCC(CC)N(c1c([N+](=O)[O-])cccc1[N+](=O)[O-])C(C)(C)C. The summed E-state index contributed by atoms with van der Waals surface area (Å²) in [6.07, 6.45) is 1.49. The van der Waals surface area contributed by atoms with Gasteiger partial charge in [0.1, 0.15) is 0 Å². The van der Waals surface area contributed by atoms with Crippen LogP contribution < -0.4 is 4.90 Å². The number of para-hydroxylation sites is 1. The van der Waals surface area contributed by atoms with E-state index >= 15 is 0 Å². The van der Waals surface area contributed by atoms with E-state index in [2.05, 4.69) is 0 Å². The molecule has 0 N–H and O–H groups in total. The van der Waals surface area contributed by atoms with Gasteiger partial charge in [-0.05, 0) is 39.7 Å². The van der Waals surface area contributed by atoms with E-state index in [1.807, 2.05) is 39.5 Å². The summed E-state index contributed by atoms with van der Waals surface area (Å²) in [7, 11) is 0. The standard InChI is InChI=1S/C15H23N3O4/c1-6-11(7-2)16(15(3,4)5)14-12(17(19)20)9-8-10-13(14)18(21)22/h8-11H,6-7H2,1-5H3. The molecule has 7 heteroatoms. The minimum atomic E-state index is -0.552. The van der Waals surface area contributed by atoms with Gasteiger partial charge in [-0.25, -0.2) is 0 Å². The summed E-state index contributed by atoms with van der Waals surface area (Å²) < 4.78 is 0. The zero-order valence-corrected chi connectivity index (χ0v) is 13.7. The second-order valence-electron chi connectivity index (χ2n) is 6.17. The molecule has 0 heterocycles. The van der Waals surface area contributed by atoms with Crippen molar-refractivity contribution in [2.24, 2.45) is 0 Å². The number of nitro benzene ring substituents is 2. The van der Waals surface area contributed by atoms with Crippen molar-refractivity contribution in [3.05, 3.63) is 38.4 Å². The predicted octanol–water partition coefficient (Wildman–Crippen LogP) is 4.30. The molecule has 0 aliphatic carbocycles. The lowest BCUT2D eigenvalue weighted by atomic mass is 9.97. The van der Waals surface area contributed by atoms with Gasteiger partial charge in [0.25, 0.3) is 11.4 Å². The molecule has 1 aromatic carbocycles. The van der Waals surface area contributed by atoms with Crippen molar-refractivity contribution in [3.8, 4) is 0 Å². The lowest BCUT2D eigenvalue weighted by Gasteiger charge is -2.42. The van der Waals surface area contributed by atoms with Gasteiger partial charge >= 0.3 is 0 Å². The number of hydrogen-bond donors (Lipinski definition) is 0. The van der Waals surface area contributed by atoms with E-state index in [1.54, 1.807) is 0 Å². The summed E-state index contributed by atoms with van der Waals surface area (Å²) >= 11 is 0. The van der Waals surface area contributed by atoms with Crippen molar-refractivity contribution in [3.63, 3.8) is 0 Å². The van der Waals surface area contributed by atoms with E-state index in [9.17, 15) is 20.2 Å². The van der Waals surface area contributed by atoms with Crippen LogP contribution in [0.4, 0.5) is 17.1 Å². The topological polar surface area (TPSA) is 89.5 Å². The van der Waals surface area contributed by atoms with Gasteiger partial charge in [-0.15, -0.1) is 0 Å². The van der Waals surface area contributed by atoms with Crippen LogP contribution in [-0.4, -0.2) is 21.4 Å². The maximum absolute atomic E-state index is 11.4. The second-order valence-corrected chi connectivity index (χ2v) is 6.17. The van der Waals surface area contributed by atoms with E-state index in [-0.39, 0.29) is 23.1 Å². The number of anilines is 1. The fraction of sp³-hybridized carbons (Fsp3) is 0.600. The summed E-state index contributed by atoms with van der Waals surface area (Å²) in [4.78, 5) is 23.5. The highest BCUT2D eigenvalue weighted by Gasteiger charge is 2.37. The minimum Gasteiger partial charge on any atom is -0.353 e. The van der Waals surface area contributed by atoms with E-state index in [1.165, 1.54) is 18.2 Å². The summed E-state index contributed by atoms with van der Waals surface area (Å²) in [6.45, 7) is 9.68. The molecular formula is C15H23N3O4. The molecule has 0 saturated heterocycles. The van der Waals surface area contributed by atoms with Gasteiger partial charge in [-0.1, -0.05) is 13.8 Å². The van der Waals surface area contributed by atoms with Gasteiger partial charge in [-0.2, -0.15) is 0 Å². The largest absolute Gasteiger partial charge is 0.353 e. The van der Waals surface area contributed by atoms with Crippen LogP contribution in [0.2, 0.25) is 0 Å². The molecule has 0 fully saturated rings. The highest BCUT2D eigenvalue weighted by atomic mass is 16.6. The van der Waals surface area contributed by atoms with Crippen molar-refractivity contribution in [1.29, 1.82) is 0 Å². The maximum Gasteiger partial charge on any atom is 0.299 e. The van der Waals surface area contributed by atoms with Crippen molar-refractivity contribution >= 4 is 17.1 Å². The third-order valence-electron chi connectivity index (χ3n) is 3.66. The van der Waals surface area contributed by atoms with Crippen molar-refractivity contribution in [2.75, 3.05) is 4.90 Å². The fourth-order valence-electron chi connectivity index (χ4n) is 2.78. The Labute approximate surface area is 130 Å². The van der Waals surface area contributed by atoms with E-state index < -0.39 is 15.4 Å². The summed E-state index contributed by atoms with van der Waals surface area (Å²) in [5.74, 6) is 0. The van der Waals surface area contributed by atoms with Crippen molar-refractivity contribution in [2.45, 2.75) is 59.0 Å². The molecule has 0 saturated carbocycles. The molecule has 0 atom stereocenters. The number of nitrogens with zero attached hydrogens (tertiary/aromatic N) is 3. The van der Waals surface area contributed by atoms with Gasteiger partial charge < -0.3 is 4.90 Å². The average Bonchev–Trinajstić information content (AvgIpc) is 2.42. The normalized spacial score (nSPS) is 11.5.